The van der Waals surface area contributed by atoms with Gasteiger partial charge in [0.2, 0.25) is 0 Å². The molecule has 1 N–H and O–H groups in total. The smallest absolute Gasteiger partial charge is 0.267 e. The first-order valence-electron chi connectivity index (χ1n) is 8.15. The van der Waals surface area contributed by atoms with Crippen molar-refractivity contribution in [3.8, 4) is 5.75 Å². The van der Waals surface area contributed by atoms with Crippen LogP contribution in [-0.2, 0) is 6.61 Å². The fraction of sp³-hybridized carbons (Fsp3) is 0.200. The summed E-state index contributed by atoms with van der Waals surface area (Å²) in [5.74, 6) is 0.572. The normalized spacial score (nSPS) is 10.6. The summed E-state index contributed by atoms with van der Waals surface area (Å²) in [4.78, 5) is 17.5. The Morgan fingerprint density at radius 2 is 1.88 bits per heavy atom. The molecule has 134 valence electrons. The molecule has 1 heterocycles. The van der Waals surface area contributed by atoms with Gasteiger partial charge >= 0.3 is 0 Å². The van der Waals surface area contributed by atoms with Crippen LogP contribution in [0.3, 0.4) is 0 Å². The highest BCUT2D eigenvalue weighted by Crippen LogP contribution is 2.24. The van der Waals surface area contributed by atoms with Crippen LogP contribution in [0, 0.1) is 20.8 Å². The van der Waals surface area contributed by atoms with Crippen molar-refractivity contribution in [3.63, 3.8) is 0 Å². The highest BCUT2D eigenvalue weighted by Gasteiger charge is 2.16. The van der Waals surface area contributed by atoms with Gasteiger partial charge in [-0.2, -0.15) is 0 Å². The average molecular weight is 387 g/mol. The van der Waals surface area contributed by atoms with Gasteiger partial charge in [0, 0.05) is 10.7 Å². The van der Waals surface area contributed by atoms with Crippen LogP contribution in [0.2, 0.25) is 5.02 Å². The molecular formula is C20H19ClN2O2S. The maximum atomic E-state index is 12.5. The number of halogens is 1. The number of rotatable bonds is 5. The zero-order chi connectivity index (χ0) is 18.7. The lowest BCUT2D eigenvalue weighted by Gasteiger charge is -2.05. The van der Waals surface area contributed by atoms with E-state index in [4.69, 9.17) is 16.3 Å². The predicted molar refractivity (Wildman–Crippen MR) is 107 cm³/mol. The summed E-state index contributed by atoms with van der Waals surface area (Å²) < 4.78 is 5.76. The molecule has 1 aromatic heterocycles. The number of hydrogen-bond acceptors (Lipinski definition) is 4. The lowest BCUT2D eigenvalue weighted by atomic mass is 10.2. The van der Waals surface area contributed by atoms with E-state index in [1.54, 1.807) is 6.07 Å². The van der Waals surface area contributed by atoms with E-state index in [1.807, 2.05) is 57.2 Å². The fourth-order valence-corrected chi connectivity index (χ4v) is 3.39. The van der Waals surface area contributed by atoms with Crippen molar-refractivity contribution in [1.82, 2.24) is 4.98 Å². The second-order valence-corrected chi connectivity index (χ2v) is 7.53. The number of thiazole rings is 1. The zero-order valence-electron chi connectivity index (χ0n) is 14.8. The van der Waals surface area contributed by atoms with Gasteiger partial charge in [-0.25, -0.2) is 4.98 Å². The first kappa shape index (κ1) is 18.4. The van der Waals surface area contributed by atoms with Gasteiger partial charge in [0.1, 0.15) is 22.2 Å². The lowest BCUT2D eigenvalue weighted by Crippen LogP contribution is -2.11. The topological polar surface area (TPSA) is 51.2 Å². The molecule has 0 bridgehead atoms. The van der Waals surface area contributed by atoms with Crippen molar-refractivity contribution < 1.29 is 9.53 Å². The number of amides is 1. The van der Waals surface area contributed by atoms with E-state index < -0.39 is 0 Å². The van der Waals surface area contributed by atoms with Crippen LogP contribution in [0.25, 0.3) is 0 Å². The van der Waals surface area contributed by atoms with E-state index in [0.717, 1.165) is 27.6 Å². The molecule has 0 aliphatic carbocycles. The van der Waals surface area contributed by atoms with Crippen molar-refractivity contribution in [2.75, 3.05) is 5.32 Å². The summed E-state index contributed by atoms with van der Waals surface area (Å²) in [6.45, 7) is 6.07. The van der Waals surface area contributed by atoms with Gasteiger partial charge in [0.15, 0.2) is 0 Å². The number of aryl methyl sites for hydroxylation is 3. The Morgan fingerprint density at radius 3 is 2.58 bits per heavy atom. The number of benzene rings is 2. The molecule has 3 rings (SSSR count). The Bertz CT molecular complexity index is 935. The summed E-state index contributed by atoms with van der Waals surface area (Å²) in [7, 11) is 0. The molecule has 0 fully saturated rings. The van der Waals surface area contributed by atoms with Crippen molar-refractivity contribution in [2.45, 2.75) is 27.4 Å². The molecule has 6 heteroatoms. The third-order valence-electron chi connectivity index (χ3n) is 3.85. The molecule has 0 saturated heterocycles. The molecule has 0 unspecified atom stereocenters. The van der Waals surface area contributed by atoms with Gasteiger partial charge in [-0.1, -0.05) is 29.3 Å². The van der Waals surface area contributed by atoms with Crippen molar-refractivity contribution >= 4 is 34.5 Å². The molecule has 0 saturated carbocycles. The first-order valence-corrected chi connectivity index (χ1v) is 9.35. The number of nitrogens with zero attached hydrogens (tertiary/aromatic N) is 1. The molecule has 0 spiro atoms. The molecule has 4 nitrogen and oxygen atoms in total. The summed E-state index contributed by atoms with van der Waals surface area (Å²) in [6, 6.07) is 13.2. The van der Waals surface area contributed by atoms with Gasteiger partial charge in [0.05, 0.1) is 5.69 Å². The lowest BCUT2D eigenvalue weighted by molar-refractivity contribution is 0.103. The Morgan fingerprint density at radius 1 is 1.15 bits per heavy atom. The molecule has 3 aromatic rings. The molecule has 1 amide bonds. The molecule has 0 aliphatic rings. The standard InChI is InChI=1S/C20H19ClN2O2S/c1-12-4-6-15(7-5-12)23-20(24)19-14(3)22-18(26-19)11-25-16-8-9-17(21)13(2)10-16/h4-10H,11H2,1-3H3,(H,23,24). The maximum Gasteiger partial charge on any atom is 0.267 e. The highest BCUT2D eigenvalue weighted by atomic mass is 35.5. The molecule has 2 aromatic carbocycles. The van der Waals surface area contributed by atoms with E-state index in [-0.39, 0.29) is 5.91 Å². The van der Waals surface area contributed by atoms with Crippen molar-refractivity contribution in [1.29, 1.82) is 0 Å². The number of nitrogens with one attached hydrogen (secondary N) is 1. The highest BCUT2D eigenvalue weighted by molar-refractivity contribution is 7.13. The number of ether oxygens (including phenoxy) is 1. The molecule has 0 atom stereocenters. The van der Waals surface area contributed by atoms with E-state index in [1.165, 1.54) is 11.3 Å². The minimum Gasteiger partial charge on any atom is -0.486 e. The third-order valence-corrected chi connectivity index (χ3v) is 5.40. The predicted octanol–water partition coefficient (Wildman–Crippen LogP) is 5.55. The summed E-state index contributed by atoms with van der Waals surface area (Å²) in [5, 5.41) is 4.36. The van der Waals surface area contributed by atoms with Crippen LogP contribution in [0.5, 0.6) is 5.75 Å². The second-order valence-electron chi connectivity index (χ2n) is 6.04. The number of carbonyl (C=O) groups is 1. The Labute approximate surface area is 161 Å². The number of carbonyl (C=O) groups excluding carboxylic acids is 1. The van der Waals surface area contributed by atoms with Crippen LogP contribution >= 0.6 is 22.9 Å². The first-order chi connectivity index (χ1) is 12.4. The van der Waals surface area contributed by atoms with Gasteiger partial charge < -0.3 is 10.1 Å². The van der Waals surface area contributed by atoms with Crippen LogP contribution < -0.4 is 10.1 Å². The van der Waals surface area contributed by atoms with Crippen LogP contribution in [0.15, 0.2) is 42.5 Å². The van der Waals surface area contributed by atoms with Crippen LogP contribution in [0.1, 0.15) is 31.5 Å². The van der Waals surface area contributed by atoms with E-state index in [2.05, 4.69) is 10.3 Å². The fourth-order valence-electron chi connectivity index (χ4n) is 2.40. The Kier molecular flexibility index (Phi) is 5.59. The van der Waals surface area contributed by atoms with E-state index >= 15 is 0 Å². The van der Waals surface area contributed by atoms with Crippen molar-refractivity contribution in [3.05, 3.63) is 74.2 Å². The number of anilines is 1. The second kappa shape index (κ2) is 7.89. The third kappa shape index (κ3) is 4.42. The van der Waals surface area contributed by atoms with E-state index in [9.17, 15) is 4.79 Å². The maximum absolute atomic E-state index is 12.5. The minimum absolute atomic E-state index is 0.155. The summed E-state index contributed by atoms with van der Waals surface area (Å²) >= 11 is 7.36. The van der Waals surface area contributed by atoms with Crippen LogP contribution in [0.4, 0.5) is 5.69 Å². The van der Waals surface area contributed by atoms with Gasteiger partial charge in [0.25, 0.3) is 5.91 Å². The monoisotopic (exact) mass is 386 g/mol. The Hall–Kier alpha value is -2.37. The van der Waals surface area contributed by atoms with Gasteiger partial charge in [-0.3, -0.25) is 4.79 Å². The Balaban J connectivity index is 1.67. The number of aromatic nitrogens is 1. The largest absolute Gasteiger partial charge is 0.486 e. The molecule has 26 heavy (non-hydrogen) atoms. The van der Waals surface area contributed by atoms with Gasteiger partial charge in [-0.15, -0.1) is 11.3 Å². The molecular weight excluding hydrogens is 368 g/mol. The SMILES string of the molecule is Cc1ccc(NC(=O)c2sc(COc3ccc(Cl)c(C)c3)nc2C)cc1. The van der Waals surface area contributed by atoms with E-state index in [0.29, 0.717) is 22.2 Å². The summed E-state index contributed by atoms with van der Waals surface area (Å²) in [5.41, 5.74) is 3.57. The number of hydrogen-bond donors (Lipinski definition) is 1. The quantitative estimate of drug-likeness (QED) is 0.625. The van der Waals surface area contributed by atoms with Crippen LogP contribution in [-0.4, -0.2) is 10.9 Å². The summed E-state index contributed by atoms with van der Waals surface area (Å²) in [6.07, 6.45) is 0. The molecule has 0 radical (unpaired) electrons. The van der Waals surface area contributed by atoms with Crippen molar-refractivity contribution in [2.24, 2.45) is 0 Å². The molecule has 0 aliphatic heterocycles. The van der Waals surface area contributed by atoms with Gasteiger partial charge in [-0.05, 0) is 56.7 Å². The zero-order valence-corrected chi connectivity index (χ0v) is 16.4. The average Bonchev–Trinajstić information content (AvgIpc) is 2.99. The minimum atomic E-state index is -0.155.